The van der Waals surface area contributed by atoms with Crippen LogP contribution in [0, 0.1) is 0 Å². The molecule has 0 atom stereocenters. The normalized spacial score (nSPS) is 10.4. The molecule has 3 rings (SSSR count). The Morgan fingerprint density at radius 1 is 0.600 bits per heavy atom. The minimum absolute atomic E-state index is 0.893. The molecule has 0 radical (unpaired) electrons. The average Bonchev–Trinajstić information content (AvgIpc) is 2.51. The first-order valence-electron chi connectivity index (χ1n) is 6.92. The van der Waals surface area contributed by atoms with Crippen LogP contribution in [0.3, 0.4) is 0 Å². The summed E-state index contributed by atoms with van der Waals surface area (Å²) in [5.74, 6) is 0. The first kappa shape index (κ1) is 12.6. The van der Waals surface area contributed by atoms with Gasteiger partial charge in [0, 0.05) is 18.3 Å². The van der Waals surface area contributed by atoms with Gasteiger partial charge < -0.3 is 0 Å². The lowest BCUT2D eigenvalue weighted by Crippen LogP contribution is -1.98. The van der Waals surface area contributed by atoms with Gasteiger partial charge in [0.1, 0.15) is 0 Å². The summed E-state index contributed by atoms with van der Waals surface area (Å²) in [7, 11) is 0. The molecule has 1 heteroatoms. The van der Waals surface area contributed by atoms with Crippen LogP contribution in [0.15, 0.2) is 79.0 Å². The van der Waals surface area contributed by atoms with Crippen molar-refractivity contribution in [3.63, 3.8) is 0 Å². The van der Waals surface area contributed by atoms with E-state index >= 15 is 0 Å². The van der Waals surface area contributed by atoms with Crippen molar-refractivity contribution in [3.05, 3.63) is 101 Å². The second-order valence-electron chi connectivity index (χ2n) is 4.93. The van der Waals surface area contributed by atoms with E-state index in [9.17, 15) is 0 Å². The van der Waals surface area contributed by atoms with Crippen molar-refractivity contribution in [3.8, 4) is 0 Å². The molecule has 3 aromatic rings. The van der Waals surface area contributed by atoms with Gasteiger partial charge in [0.05, 0.1) is 0 Å². The van der Waals surface area contributed by atoms with Crippen LogP contribution >= 0.6 is 0 Å². The fraction of sp³-hybridized carbons (Fsp3) is 0.105. The van der Waals surface area contributed by atoms with Gasteiger partial charge in [-0.1, -0.05) is 60.7 Å². The summed E-state index contributed by atoms with van der Waals surface area (Å²) in [5.41, 5.74) is 5.20. The maximum atomic E-state index is 4.42. The number of hydrogen-bond donors (Lipinski definition) is 0. The predicted octanol–water partition coefficient (Wildman–Crippen LogP) is 4.26. The summed E-state index contributed by atoms with van der Waals surface area (Å²) in [6, 6.07) is 25.3. The van der Waals surface area contributed by atoms with Crippen LogP contribution in [0.5, 0.6) is 0 Å². The fourth-order valence-corrected chi connectivity index (χ4v) is 2.42. The van der Waals surface area contributed by atoms with Crippen LogP contribution in [-0.2, 0) is 12.8 Å². The molecule has 98 valence electrons. The Kier molecular flexibility index (Phi) is 3.88. The number of benzene rings is 2. The second kappa shape index (κ2) is 6.16. The highest BCUT2D eigenvalue weighted by Gasteiger charge is 2.04. The first-order chi connectivity index (χ1) is 9.92. The van der Waals surface area contributed by atoms with Gasteiger partial charge in [0.15, 0.2) is 0 Å². The molecule has 0 aliphatic rings. The Labute approximate surface area is 119 Å². The summed E-state index contributed by atoms with van der Waals surface area (Å²) in [5, 5.41) is 0. The van der Waals surface area contributed by atoms with Crippen LogP contribution in [0.25, 0.3) is 0 Å². The number of hydrogen-bond acceptors (Lipinski definition) is 1. The number of aromatic nitrogens is 1. The molecule has 0 saturated carbocycles. The Morgan fingerprint density at radius 2 is 1.25 bits per heavy atom. The molecule has 0 unspecified atom stereocenters. The highest BCUT2D eigenvalue weighted by Crippen LogP contribution is 2.17. The van der Waals surface area contributed by atoms with E-state index in [0.29, 0.717) is 0 Å². The van der Waals surface area contributed by atoms with Crippen molar-refractivity contribution in [2.24, 2.45) is 0 Å². The lowest BCUT2D eigenvalue weighted by molar-refractivity contribution is 1.03. The van der Waals surface area contributed by atoms with Gasteiger partial charge in [-0.2, -0.15) is 0 Å². The topological polar surface area (TPSA) is 12.9 Å². The quantitative estimate of drug-likeness (QED) is 0.682. The van der Waals surface area contributed by atoms with Gasteiger partial charge in [0.25, 0.3) is 0 Å². The highest BCUT2D eigenvalue weighted by atomic mass is 14.7. The van der Waals surface area contributed by atoms with Gasteiger partial charge in [-0.05, 0) is 35.2 Å². The van der Waals surface area contributed by atoms with Crippen molar-refractivity contribution >= 4 is 0 Å². The highest BCUT2D eigenvalue weighted by molar-refractivity contribution is 5.35. The van der Waals surface area contributed by atoms with E-state index in [2.05, 4.69) is 65.6 Å². The molecule has 0 aliphatic heterocycles. The molecule has 2 aromatic carbocycles. The van der Waals surface area contributed by atoms with Crippen molar-refractivity contribution in [1.29, 1.82) is 0 Å². The lowest BCUT2D eigenvalue weighted by Gasteiger charge is -2.09. The molecule has 0 fully saturated rings. The molecule has 20 heavy (non-hydrogen) atoms. The zero-order valence-corrected chi connectivity index (χ0v) is 11.4. The summed E-state index contributed by atoms with van der Waals surface area (Å²) in [6.45, 7) is 0. The Morgan fingerprint density at radius 3 is 1.95 bits per heavy atom. The minimum Gasteiger partial charge on any atom is -0.261 e. The van der Waals surface area contributed by atoms with Crippen LogP contribution in [0.4, 0.5) is 0 Å². The third-order valence-corrected chi connectivity index (χ3v) is 3.45. The van der Waals surface area contributed by atoms with Crippen LogP contribution in [-0.4, -0.2) is 4.98 Å². The van der Waals surface area contributed by atoms with Gasteiger partial charge in [-0.3, -0.25) is 4.98 Å². The maximum absolute atomic E-state index is 4.42. The molecule has 0 saturated heterocycles. The molecule has 0 aliphatic carbocycles. The Hall–Kier alpha value is -2.41. The molecule has 1 heterocycles. The van der Waals surface area contributed by atoms with Crippen molar-refractivity contribution in [2.45, 2.75) is 12.8 Å². The zero-order chi connectivity index (χ0) is 13.6. The zero-order valence-electron chi connectivity index (χ0n) is 11.4. The van der Waals surface area contributed by atoms with E-state index in [1.54, 1.807) is 0 Å². The predicted molar refractivity (Wildman–Crippen MR) is 82.7 cm³/mol. The second-order valence-corrected chi connectivity index (χ2v) is 4.93. The smallest absolute Gasteiger partial charge is 0.0447 e. The molecule has 1 aromatic heterocycles. The minimum atomic E-state index is 0.893. The van der Waals surface area contributed by atoms with E-state index in [4.69, 9.17) is 0 Å². The monoisotopic (exact) mass is 259 g/mol. The van der Waals surface area contributed by atoms with Crippen molar-refractivity contribution in [2.75, 3.05) is 0 Å². The summed E-state index contributed by atoms with van der Waals surface area (Å²) in [4.78, 5) is 4.42. The number of rotatable bonds is 4. The fourth-order valence-electron chi connectivity index (χ4n) is 2.42. The molecular formula is C19H17N. The van der Waals surface area contributed by atoms with Gasteiger partial charge in [0.2, 0.25) is 0 Å². The van der Waals surface area contributed by atoms with Crippen LogP contribution in [0.2, 0.25) is 0 Å². The summed E-state index contributed by atoms with van der Waals surface area (Å²) < 4.78 is 0. The van der Waals surface area contributed by atoms with E-state index in [-0.39, 0.29) is 0 Å². The molecule has 1 nitrogen and oxygen atoms in total. The molecule has 0 spiro atoms. The Balaban J connectivity index is 1.85. The van der Waals surface area contributed by atoms with E-state index < -0.39 is 0 Å². The van der Waals surface area contributed by atoms with E-state index in [1.807, 2.05) is 18.3 Å². The number of pyridine rings is 1. The van der Waals surface area contributed by atoms with Crippen LogP contribution in [0.1, 0.15) is 22.4 Å². The third-order valence-electron chi connectivity index (χ3n) is 3.45. The number of nitrogens with zero attached hydrogens (tertiary/aromatic N) is 1. The van der Waals surface area contributed by atoms with E-state index in [0.717, 1.165) is 18.5 Å². The summed E-state index contributed by atoms with van der Waals surface area (Å²) in [6.07, 6.45) is 3.73. The standard InChI is InChI=1S/C19H17N/c1-2-8-16(9-3-1)14-17-10-4-5-11-18(17)15-19-12-6-7-13-20-19/h1-13H,14-15H2. The SMILES string of the molecule is c1ccc(Cc2ccccc2Cc2ccccn2)cc1. The van der Waals surface area contributed by atoms with Gasteiger partial charge in [-0.15, -0.1) is 0 Å². The molecule has 0 amide bonds. The summed E-state index contributed by atoms with van der Waals surface area (Å²) >= 11 is 0. The first-order valence-corrected chi connectivity index (χ1v) is 6.92. The van der Waals surface area contributed by atoms with Crippen LogP contribution < -0.4 is 0 Å². The van der Waals surface area contributed by atoms with Crippen molar-refractivity contribution in [1.82, 2.24) is 4.98 Å². The third kappa shape index (κ3) is 3.12. The molecule has 0 bridgehead atoms. The van der Waals surface area contributed by atoms with Gasteiger partial charge in [-0.25, -0.2) is 0 Å². The lowest BCUT2D eigenvalue weighted by atomic mass is 9.97. The molecular weight excluding hydrogens is 242 g/mol. The van der Waals surface area contributed by atoms with Gasteiger partial charge >= 0.3 is 0 Å². The maximum Gasteiger partial charge on any atom is 0.0447 e. The largest absolute Gasteiger partial charge is 0.261 e. The molecule has 0 N–H and O–H groups in total. The van der Waals surface area contributed by atoms with E-state index in [1.165, 1.54) is 16.7 Å². The average molecular weight is 259 g/mol. The Bertz CT molecular complexity index is 599. The van der Waals surface area contributed by atoms with Crippen molar-refractivity contribution < 1.29 is 0 Å².